The maximum Gasteiger partial charge on any atom is 0.242 e. The Bertz CT molecular complexity index is 194. The highest BCUT2D eigenvalue weighted by atomic mass is 16.2. The number of likely N-dealkylation sites (N-methyl/N-ethyl adjacent to an activating group) is 1. The topological polar surface area (TPSA) is 85.8 Å². The van der Waals surface area contributed by atoms with Crippen LogP contribution in [-0.2, 0) is 9.59 Å². The Morgan fingerprint density at radius 3 is 2.43 bits per heavy atom. The van der Waals surface area contributed by atoms with Gasteiger partial charge >= 0.3 is 0 Å². The first kappa shape index (κ1) is 12.9. The lowest BCUT2D eigenvalue weighted by atomic mass is 10.1. The zero-order chi connectivity index (χ0) is 11.0. The van der Waals surface area contributed by atoms with E-state index in [1.54, 1.807) is 7.05 Å². The number of nitrogens with one attached hydrogen (secondary N) is 2. The highest BCUT2D eigenvalue weighted by molar-refractivity contribution is 5.86. The maximum absolute atomic E-state index is 11.3. The summed E-state index contributed by atoms with van der Waals surface area (Å²) in [5, 5.41) is 5.15. The lowest BCUT2D eigenvalue weighted by molar-refractivity contribution is -0.368. The van der Waals surface area contributed by atoms with Gasteiger partial charge in [0.2, 0.25) is 11.8 Å². The van der Waals surface area contributed by atoms with Crippen molar-refractivity contribution in [2.75, 3.05) is 13.6 Å². The quantitative estimate of drug-likeness (QED) is 0.465. The number of hydrogen-bond acceptors (Lipinski definition) is 2. The van der Waals surface area contributed by atoms with Gasteiger partial charge in [0.25, 0.3) is 0 Å². The smallest absolute Gasteiger partial charge is 0.242 e. The Kier molecular flexibility index (Phi) is 6.74. The van der Waals surface area contributed by atoms with Crippen LogP contribution in [0.25, 0.3) is 0 Å². The van der Waals surface area contributed by atoms with Crippen molar-refractivity contribution < 1.29 is 15.3 Å². The largest absolute Gasteiger partial charge is 0.358 e. The first-order valence-electron chi connectivity index (χ1n) is 4.89. The zero-order valence-corrected chi connectivity index (χ0v) is 8.93. The van der Waals surface area contributed by atoms with Gasteiger partial charge in [0.1, 0.15) is 6.04 Å². The molecular weight excluding hydrogens is 182 g/mol. The van der Waals surface area contributed by atoms with E-state index < -0.39 is 6.04 Å². The van der Waals surface area contributed by atoms with Gasteiger partial charge in [-0.15, -0.1) is 0 Å². The summed E-state index contributed by atoms with van der Waals surface area (Å²) in [6.07, 6.45) is 2.56. The summed E-state index contributed by atoms with van der Waals surface area (Å²) in [6, 6.07) is -0.399. The van der Waals surface area contributed by atoms with E-state index in [-0.39, 0.29) is 11.8 Å². The molecule has 0 saturated heterocycles. The summed E-state index contributed by atoms with van der Waals surface area (Å²) < 4.78 is 0. The van der Waals surface area contributed by atoms with Crippen molar-refractivity contribution in [3.63, 3.8) is 0 Å². The Morgan fingerprint density at radius 2 is 2.00 bits per heavy atom. The minimum Gasteiger partial charge on any atom is -0.358 e. The van der Waals surface area contributed by atoms with Gasteiger partial charge in [0, 0.05) is 14.0 Å². The van der Waals surface area contributed by atoms with Crippen LogP contribution in [-0.4, -0.2) is 31.4 Å². The summed E-state index contributed by atoms with van der Waals surface area (Å²) in [5.41, 5.74) is 3.72. The Morgan fingerprint density at radius 1 is 1.36 bits per heavy atom. The lowest BCUT2D eigenvalue weighted by Gasteiger charge is -2.15. The Hall–Kier alpha value is -1.10. The van der Waals surface area contributed by atoms with E-state index in [0.29, 0.717) is 6.42 Å². The van der Waals surface area contributed by atoms with Gasteiger partial charge in [0.05, 0.1) is 6.54 Å². The molecule has 0 aliphatic carbocycles. The molecule has 5 nitrogen and oxygen atoms in total. The summed E-state index contributed by atoms with van der Waals surface area (Å²) in [6.45, 7) is 2.28. The molecule has 5 N–H and O–H groups in total. The maximum atomic E-state index is 11.3. The molecule has 0 aliphatic rings. The molecule has 1 atom stereocenters. The third kappa shape index (κ3) is 5.53. The summed E-state index contributed by atoms with van der Waals surface area (Å²) in [5.74, 6) is -0.308. The third-order valence-electron chi connectivity index (χ3n) is 1.93. The third-order valence-corrected chi connectivity index (χ3v) is 1.93. The van der Waals surface area contributed by atoms with Crippen LogP contribution in [0, 0.1) is 0 Å². The van der Waals surface area contributed by atoms with E-state index in [1.807, 2.05) is 0 Å². The van der Waals surface area contributed by atoms with Gasteiger partial charge in [0.15, 0.2) is 0 Å². The van der Waals surface area contributed by atoms with E-state index in [4.69, 9.17) is 0 Å². The van der Waals surface area contributed by atoms with E-state index in [2.05, 4.69) is 16.4 Å². The average molecular weight is 202 g/mol. The first-order chi connectivity index (χ1) is 6.61. The van der Waals surface area contributed by atoms with Gasteiger partial charge in [-0.25, -0.2) is 0 Å². The fraction of sp³-hybridized carbons (Fsp3) is 0.778. The fourth-order valence-electron chi connectivity index (χ4n) is 1.21. The minimum absolute atomic E-state index is 0.135. The number of quaternary nitrogens is 1. The second-order valence-corrected chi connectivity index (χ2v) is 3.22. The van der Waals surface area contributed by atoms with Crippen LogP contribution >= 0.6 is 0 Å². The number of rotatable bonds is 6. The van der Waals surface area contributed by atoms with Crippen molar-refractivity contribution in [3.05, 3.63) is 0 Å². The van der Waals surface area contributed by atoms with Crippen LogP contribution in [0.1, 0.15) is 26.2 Å². The van der Waals surface area contributed by atoms with Crippen LogP contribution in [0.3, 0.4) is 0 Å². The van der Waals surface area contributed by atoms with E-state index >= 15 is 0 Å². The zero-order valence-electron chi connectivity index (χ0n) is 8.93. The Labute approximate surface area is 84.4 Å². The normalized spacial score (nSPS) is 11.9. The second-order valence-electron chi connectivity index (χ2n) is 3.22. The highest BCUT2D eigenvalue weighted by Crippen LogP contribution is 2.00. The number of carbonyl (C=O) groups excluding carboxylic acids is 2. The average Bonchev–Trinajstić information content (AvgIpc) is 2.15. The van der Waals surface area contributed by atoms with Gasteiger partial charge in [-0.05, 0) is 19.3 Å². The molecule has 0 aromatic heterocycles. The summed E-state index contributed by atoms with van der Waals surface area (Å²) >= 11 is 0. The highest BCUT2D eigenvalue weighted by Gasteiger charge is 2.16. The molecule has 2 amide bonds. The molecule has 0 saturated carbocycles. The van der Waals surface area contributed by atoms with Crippen molar-refractivity contribution in [1.29, 1.82) is 0 Å². The van der Waals surface area contributed by atoms with Crippen LogP contribution in [0.5, 0.6) is 0 Å². The number of carbonyl (C=O) groups is 2. The van der Waals surface area contributed by atoms with Crippen molar-refractivity contribution in [1.82, 2.24) is 10.6 Å². The van der Waals surface area contributed by atoms with Crippen LogP contribution in [0.4, 0.5) is 0 Å². The molecule has 0 aromatic carbocycles. The van der Waals surface area contributed by atoms with E-state index in [9.17, 15) is 9.59 Å². The standard InChI is InChI=1S/C9H19N3O2/c1-7(13)12-8(9(14)11-2)5-3-4-6-10/h8H,3-6,10H2,1-2H3,(H,11,14)(H,12,13)/p+1/t8-/m0/s1. The molecule has 14 heavy (non-hydrogen) atoms. The first-order valence-corrected chi connectivity index (χ1v) is 4.89. The van der Waals surface area contributed by atoms with Crippen molar-refractivity contribution in [3.8, 4) is 0 Å². The molecule has 0 bridgehead atoms. The van der Waals surface area contributed by atoms with Crippen molar-refractivity contribution in [2.45, 2.75) is 32.2 Å². The second kappa shape index (κ2) is 7.32. The van der Waals surface area contributed by atoms with E-state index in [1.165, 1.54) is 6.92 Å². The SMILES string of the molecule is CNC(=O)[C@H](CCCC[NH3+])NC(C)=O. The molecular formula is C9H20N3O2+. The number of unbranched alkanes of at least 4 members (excludes halogenated alkanes) is 1. The van der Waals surface area contributed by atoms with Gasteiger partial charge in [-0.3, -0.25) is 9.59 Å². The van der Waals surface area contributed by atoms with Crippen molar-refractivity contribution >= 4 is 11.8 Å². The van der Waals surface area contributed by atoms with Gasteiger partial charge in [-0.2, -0.15) is 0 Å². The molecule has 0 aliphatic heterocycles. The molecule has 0 rings (SSSR count). The molecule has 5 heteroatoms. The molecule has 0 spiro atoms. The summed E-state index contributed by atoms with van der Waals surface area (Å²) in [4.78, 5) is 22.1. The van der Waals surface area contributed by atoms with E-state index in [0.717, 1.165) is 19.4 Å². The number of amides is 2. The predicted octanol–water partition coefficient (Wildman–Crippen LogP) is -1.35. The predicted molar refractivity (Wildman–Crippen MR) is 53.3 cm³/mol. The number of hydrogen-bond donors (Lipinski definition) is 3. The minimum atomic E-state index is -0.399. The molecule has 0 heterocycles. The molecule has 0 aromatic rings. The van der Waals surface area contributed by atoms with Crippen LogP contribution in [0.15, 0.2) is 0 Å². The lowest BCUT2D eigenvalue weighted by Crippen LogP contribution is -2.50. The fourth-order valence-corrected chi connectivity index (χ4v) is 1.21. The van der Waals surface area contributed by atoms with Crippen LogP contribution in [0.2, 0.25) is 0 Å². The van der Waals surface area contributed by atoms with Crippen LogP contribution < -0.4 is 16.4 Å². The van der Waals surface area contributed by atoms with Gasteiger partial charge < -0.3 is 16.4 Å². The molecule has 0 unspecified atom stereocenters. The molecule has 0 fully saturated rings. The summed E-state index contributed by atoms with van der Waals surface area (Å²) in [7, 11) is 1.57. The Balaban J connectivity index is 3.97. The van der Waals surface area contributed by atoms with Crippen molar-refractivity contribution in [2.24, 2.45) is 0 Å². The monoisotopic (exact) mass is 202 g/mol. The molecule has 82 valence electrons. The molecule has 0 radical (unpaired) electrons. The van der Waals surface area contributed by atoms with Gasteiger partial charge in [-0.1, -0.05) is 0 Å².